The molecule has 1 aromatic heterocycles. The zero-order valence-corrected chi connectivity index (χ0v) is 11.0. The third-order valence-corrected chi connectivity index (χ3v) is 2.76. The second kappa shape index (κ2) is 6.04. The Morgan fingerprint density at radius 3 is 2.58 bits per heavy atom. The molecule has 0 aliphatic rings. The van der Waals surface area contributed by atoms with E-state index in [9.17, 15) is 4.79 Å². The maximum absolute atomic E-state index is 11.7. The van der Waals surface area contributed by atoms with Gasteiger partial charge in [-0.05, 0) is 19.0 Å². The van der Waals surface area contributed by atoms with Crippen molar-refractivity contribution in [2.75, 3.05) is 13.1 Å². The van der Waals surface area contributed by atoms with Gasteiger partial charge < -0.3 is 14.2 Å². The molecule has 0 N–H and O–H groups in total. The standard InChI is InChI=1S/C14H16N2O3/c1-3-16(4-2)14(17)18-13-10-12(19-15-13)11-8-6-5-7-9-11/h5-10H,3-4H2,1-2H3. The van der Waals surface area contributed by atoms with Crippen LogP contribution in [-0.2, 0) is 0 Å². The van der Waals surface area contributed by atoms with Crippen molar-refractivity contribution in [1.82, 2.24) is 10.1 Å². The number of aromatic nitrogens is 1. The first kappa shape index (κ1) is 13.1. The number of benzene rings is 1. The number of hydrogen-bond donors (Lipinski definition) is 0. The molecule has 19 heavy (non-hydrogen) atoms. The van der Waals surface area contributed by atoms with E-state index >= 15 is 0 Å². The lowest BCUT2D eigenvalue weighted by Gasteiger charge is -2.16. The average molecular weight is 260 g/mol. The van der Waals surface area contributed by atoms with E-state index in [0.29, 0.717) is 18.8 Å². The normalized spacial score (nSPS) is 10.2. The number of carbonyl (C=O) groups is 1. The summed E-state index contributed by atoms with van der Waals surface area (Å²) in [7, 11) is 0. The highest BCUT2D eigenvalue weighted by molar-refractivity contribution is 5.70. The quantitative estimate of drug-likeness (QED) is 0.847. The minimum atomic E-state index is -0.419. The van der Waals surface area contributed by atoms with Crippen molar-refractivity contribution in [2.45, 2.75) is 13.8 Å². The molecule has 0 saturated carbocycles. The molecule has 1 amide bonds. The SMILES string of the molecule is CCN(CC)C(=O)Oc1cc(-c2ccccc2)on1. The average Bonchev–Trinajstić information content (AvgIpc) is 2.89. The largest absolute Gasteiger partial charge is 0.416 e. The van der Waals surface area contributed by atoms with Crippen LogP contribution in [0.25, 0.3) is 11.3 Å². The molecule has 0 unspecified atom stereocenters. The zero-order chi connectivity index (χ0) is 13.7. The molecular formula is C14H16N2O3. The molecule has 0 bridgehead atoms. The Hall–Kier alpha value is -2.30. The molecule has 1 aromatic carbocycles. The Morgan fingerprint density at radius 1 is 1.26 bits per heavy atom. The van der Waals surface area contributed by atoms with E-state index in [0.717, 1.165) is 5.56 Å². The molecule has 0 aliphatic carbocycles. The van der Waals surface area contributed by atoms with Gasteiger partial charge in [0.05, 0.1) is 6.07 Å². The second-order valence-electron chi connectivity index (χ2n) is 3.94. The van der Waals surface area contributed by atoms with Gasteiger partial charge in [-0.15, -0.1) is 0 Å². The minimum Gasteiger partial charge on any atom is -0.388 e. The first-order chi connectivity index (χ1) is 9.24. The van der Waals surface area contributed by atoms with Crippen LogP contribution in [0, 0.1) is 0 Å². The van der Waals surface area contributed by atoms with Gasteiger partial charge in [0.1, 0.15) is 0 Å². The molecule has 0 aliphatic heterocycles. The maximum Gasteiger partial charge on any atom is 0.416 e. The summed E-state index contributed by atoms with van der Waals surface area (Å²) in [6.07, 6.45) is -0.419. The molecule has 100 valence electrons. The van der Waals surface area contributed by atoms with Gasteiger partial charge in [-0.1, -0.05) is 30.3 Å². The fourth-order valence-corrected chi connectivity index (χ4v) is 1.68. The van der Waals surface area contributed by atoms with Crippen LogP contribution in [0.3, 0.4) is 0 Å². The molecule has 2 rings (SSSR count). The van der Waals surface area contributed by atoms with E-state index in [1.54, 1.807) is 11.0 Å². The zero-order valence-electron chi connectivity index (χ0n) is 11.0. The van der Waals surface area contributed by atoms with Gasteiger partial charge in [0.15, 0.2) is 5.76 Å². The highest BCUT2D eigenvalue weighted by Gasteiger charge is 2.15. The number of rotatable bonds is 4. The molecule has 5 nitrogen and oxygen atoms in total. The summed E-state index contributed by atoms with van der Waals surface area (Å²) in [5.74, 6) is 0.749. The number of carbonyl (C=O) groups excluding carboxylic acids is 1. The van der Waals surface area contributed by atoms with Crippen LogP contribution < -0.4 is 4.74 Å². The lowest BCUT2D eigenvalue weighted by atomic mass is 10.2. The van der Waals surface area contributed by atoms with Crippen molar-refractivity contribution in [3.8, 4) is 17.2 Å². The smallest absolute Gasteiger partial charge is 0.388 e. The molecule has 0 fully saturated rings. The van der Waals surface area contributed by atoms with E-state index in [-0.39, 0.29) is 5.88 Å². The molecule has 0 radical (unpaired) electrons. The summed E-state index contributed by atoms with van der Waals surface area (Å²) >= 11 is 0. The first-order valence-electron chi connectivity index (χ1n) is 6.23. The Labute approximate surface area is 111 Å². The van der Waals surface area contributed by atoms with E-state index in [1.165, 1.54) is 0 Å². The fourth-order valence-electron chi connectivity index (χ4n) is 1.68. The van der Waals surface area contributed by atoms with Gasteiger partial charge in [-0.25, -0.2) is 4.79 Å². The van der Waals surface area contributed by atoms with E-state index < -0.39 is 6.09 Å². The van der Waals surface area contributed by atoms with Crippen LogP contribution in [-0.4, -0.2) is 29.2 Å². The molecule has 0 spiro atoms. The third kappa shape index (κ3) is 3.13. The number of hydrogen-bond acceptors (Lipinski definition) is 4. The van der Waals surface area contributed by atoms with Crippen LogP contribution in [0.15, 0.2) is 40.9 Å². The number of nitrogens with zero attached hydrogens (tertiary/aromatic N) is 2. The van der Waals surface area contributed by atoms with Crippen LogP contribution >= 0.6 is 0 Å². The van der Waals surface area contributed by atoms with Crippen molar-refractivity contribution >= 4 is 6.09 Å². The van der Waals surface area contributed by atoms with Gasteiger partial charge in [-0.3, -0.25) is 0 Å². The highest BCUT2D eigenvalue weighted by Crippen LogP contribution is 2.23. The van der Waals surface area contributed by atoms with Gasteiger partial charge in [0.25, 0.3) is 5.88 Å². The predicted molar refractivity (Wildman–Crippen MR) is 70.9 cm³/mol. The molecular weight excluding hydrogens is 244 g/mol. The lowest BCUT2D eigenvalue weighted by molar-refractivity contribution is 0.153. The van der Waals surface area contributed by atoms with E-state index in [2.05, 4.69) is 5.16 Å². The monoisotopic (exact) mass is 260 g/mol. The predicted octanol–water partition coefficient (Wildman–Crippen LogP) is 3.18. The molecule has 1 heterocycles. The number of ether oxygens (including phenoxy) is 1. The van der Waals surface area contributed by atoms with Crippen LogP contribution in [0.1, 0.15) is 13.8 Å². The Bertz CT molecular complexity index is 533. The Kier molecular flexibility index (Phi) is 4.18. The van der Waals surface area contributed by atoms with Crippen LogP contribution in [0.2, 0.25) is 0 Å². The van der Waals surface area contributed by atoms with Gasteiger partial charge in [0, 0.05) is 18.7 Å². The van der Waals surface area contributed by atoms with Crippen molar-refractivity contribution < 1.29 is 14.1 Å². The van der Waals surface area contributed by atoms with Crippen molar-refractivity contribution in [3.63, 3.8) is 0 Å². The van der Waals surface area contributed by atoms with Gasteiger partial charge in [-0.2, -0.15) is 0 Å². The van der Waals surface area contributed by atoms with E-state index in [4.69, 9.17) is 9.26 Å². The summed E-state index contributed by atoms with van der Waals surface area (Å²) < 4.78 is 10.3. The second-order valence-corrected chi connectivity index (χ2v) is 3.94. The van der Waals surface area contributed by atoms with Crippen molar-refractivity contribution in [3.05, 3.63) is 36.4 Å². The van der Waals surface area contributed by atoms with Crippen LogP contribution in [0.5, 0.6) is 5.88 Å². The maximum atomic E-state index is 11.7. The summed E-state index contributed by atoms with van der Waals surface area (Å²) in [4.78, 5) is 13.3. The molecule has 0 atom stereocenters. The number of amides is 1. The Balaban J connectivity index is 2.08. The fraction of sp³-hybridized carbons (Fsp3) is 0.286. The molecule has 5 heteroatoms. The van der Waals surface area contributed by atoms with Gasteiger partial charge in [0.2, 0.25) is 0 Å². The topological polar surface area (TPSA) is 55.6 Å². The molecule has 2 aromatic rings. The third-order valence-electron chi connectivity index (χ3n) is 2.76. The highest BCUT2D eigenvalue weighted by atomic mass is 16.6. The summed E-state index contributed by atoms with van der Waals surface area (Å²) in [5.41, 5.74) is 0.889. The summed E-state index contributed by atoms with van der Waals surface area (Å²) in [6, 6.07) is 11.1. The summed E-state index contributed by atoms with van der Waals surface area (Å²) in [5, 5.41) is 3.74. The summed E-state index contributed by atoms with van der Waals surface area (Å²) in [6.45, 7) is 4.98. The van der Waals surface area contributed by atoms with E-state index in [1.807, 2.05) is 44.2 Å². The Morgan fingerprint density at radius 2 is 1.95 bits per heavy atom. The van der Waals surface area contributed by atoms with Crippen molar-refractivity contribution in [1.29, 1.82) is 0 Å². The first-order valence-corrected chi connectivity index (χ1v) is 6.23. The lowest BCUT2D eigenvalue weighted by Crippen LogP contribution is -2.33. The molecule has 0 saturated heterocycles. The van der Waals surface area contributed by atoms with Crippen LogP contribution in [0.4, 0.5) is 4.79 Å². The minimum absolute atomic E-state index is 0.177. The van der Waals surface area contributed by atoms with Crippen molar-refractivity contribution in [2.24, 2.45) is 0 Å². The van der Waals surface area contributed by atoms with Gasteiger partial charge >= 0.3 is 6.09 Å².